The fraction of sp³-hybridized carbons (Fsp3) is 0.421. The van der Waals surface area contributed by atoms with Crippen LogP contribution in [0.3, 0.4) is 0 Å². The van der Waals surface area contributed by atoms with E-state index in [9.17, 15) is 4.79 Å². The first kappa shape index (κ1) is 19.4. The second-order valence-corrected chi connectivity index (χ2v) is 6.85. The van der Waals surface area contributed by atoms with Gasteiger partial charge in [0.25, 0.3) is 5.91 Å². The number of benzene rings is 1. The molecule has 0 spiro atoms. The van der Waals surface area contributed by atoms with E-state index >= 15 is 0 Å². The Bertz CT molecular complexity index is 746. The summed E-state index contributed by atoms with van der Waals surface area (Å²) in [6.07, 6.45) is 1.02. The van der Waals surface area contributed by atoms with E-state index in [1.54, 1.807) is 19.2 Å². The molecule has 0 radical (unpaired) electrons. The van der Waals surface area contributed by atoms with Crippen LogP contribution in [0, 0.1) is 0 Å². The van der Waals surface area contributed by atoms with Crippen LogP contribution in [0.4, 0.5) is 11.5 Å². The van der Waals surface area contributed by atoms with Crippen molar-refractivity contribution < 1.29 is 4.79 Å². The first-order valence-corrected chi connectivity index (χ1v) is 9.56. The largest absolute Gasteiger partial charge is 0.369 e. The monoisotopic (exact) mass is 388 g/mol. The molecule has 0 atom stereocenters. The molecule has 1 saturated heterocycles. The van der Waals surface area contributed by atoms with Crippen LogP contribution in [0.5, 0.6) is 0 Å². The number of anilines is 2. The Morgan fingerprint density at radius 2 is 1.89 bits per heavy atom. The van der Waals surface area contributed by atoms with Crippen LogP contribution < -0.4 is 15.5 Å². The number of hydrogen-bond acceptors (Lipinski definition) is 6. The summed E-state index contributed by atoms with van der Waals surface area (Å²) in [5, 5.41) is 14.5. The van der Waals surface area contributed by atoms with E-state index in [2.05, 4.69) is 36.7 Å². The number of carbonyl (C=O) groups is 1. The van der Waals surface area contributed by atoms with Crippen molar-refractivity contribution in [2.24, 2.45) is 0 Å². The molecule has 0 bridgehead atoms. The molecule has 3 rings (SSSR count). The van der Waals surface area contributed by atoms with Gasteiger partial charge < -0.3 is 15.5 Å². The van der Waals surface area contributed by atoms with Crippen molar-refractivity contribution in [2.75, 3.05) is 56.5 Å². The molecule has 1 aliphatic heterocycles. The van der Waals surface area contributed by atoms with E-state index in [4.69, 9.17) is 11.6 Å². The summed E-state index contributed by atoms with van der Waals surface area (Å²) >= 11 is 6.29. The summed E-state index contributed by atoms with van der Waals surface area (Å²) in [5.41, 5.74) is 1.44. The lowest BCUT2D eigenvalue weighted by Gasteiger charge is -2.36. The second-order valence-electron chi connectivity index (χ2n) is 6.44. The molecule has 0 aliphatic carbocycles. The third-order valence-corrected chi connectivity index (χ3v) is 4.97. The Labute approximate surface area is 164 Å². The third kappa shape index (κ3) is 5.30. The molecule has 27 heavy (non-hydrogen) atoms. The molecule has 7 nitrogen and oxygen atoms in total. The average Bonchev–Trinajstić information content (AvgIpc) is 2.72. The lowest BCUT2D eigenvalue weighted by molar-refractivity contribution is 0.0957. The number of hydrogen-bond donors (Lipinski definition) is 2. The van der Waals surface area contributed by atoms with E-state index in [-0.39, 0.29) is 5.91 Å². The summed E-state index contributed by atoms with van der Waals surface area (Å²) in [6, 6.07) is 11.5. The quantitative estimate of drug-likeness (QED) is 0.708. The molecule has 1 aromatic heterocycles. The zero-order chi connectivity index (χ0) is 19.1. The fourth-order valence-electron chi connectivity index (χ4n) is 3.12. The van der Waals surface area contributed by atoms with Crippen molar-refractivity contribution in [1.29, 1.82) is 0 Å². The Morgan fingerprint density at radius 1 is 1.11 bits per heavy atom. The van der Waals surface area contributed by atoms with Gasteiger partial charge in [0.05, 0.1) is 10.7 Å². The standard InChI is InChI=1S/C19H25ClN6O/c1-21-19(27)16-7-8-18(24-23-16)22-9-4-10-25-11-13-26(14-12-25)17-6-3-2-5-15(17)20/h2-3,5-8H,4,9-14H2,1H3,(H,21,27)(H,22,24). The highest BCUT2D eigenvalue weighted by Gasteiger charge is 2.18. The van der Waals surface area contributed by atoms with Crippen molar-refractivity contribution in [3.63, 3.8) is 0 Å². The number of halogens is 1. The van der Waals surface area contributed by atoms with Crippen LogP contribution >= 0.6 is 11.6 Å². The number of nitrogens with zero attached hydrogens (tertiary/aromatic N) is 4. The predicted molar refractivity (Wildman–Crippen MR) is 109 cm³/mol. The minimum absolute atomic E-state index is 0.231. The van der Waals surface area contributed by atoms with Gasteiger partial charge in [0.2, 0.25) is 0 Å². The number of para-hydroxylation sites is 1. The molecule has 1 fully saturated rings. The first-order valence-electron chi connectivity index (χ1n) is 9.19. The zero-order valence-electron chi connectivity index (χ0n) is 15.5. The highest BCUT2D eigenvalue weighted by Crippen LogP contribution is 2.25. The summed E-state index contributed by atoms with van der Waals surface area (Å²) in [7, 11) is 1.57. The summed E-state index contributed by atoms with van der Waals surface area (Å²) in [6.45, 7) is 5.90. The normalized spacial score (nSPS) is 14.8. The molecule has 2 N–H and O–H groups in total. The fourth-order valence-corrected chi connectivity index (χ4v) is 3.37. The van der Waals surface area contributed by atoms with Crippen molar-refractivity contribution in [2.45, 2.75) is 6.42 Å². The van der Waals surface area contributed by atoms with Gasteiger partial charge in [-0.2, -0.15) is 0 Å². The third-order valence-electron chi connectivity index (χ3n) is 4.65. The minimum Gasteiger partial charge on any atom is -0.369 e. The van der Waals surface area contributed by atoms with Crippen molar-refractivity contribution in [3.05, 3.63) is 47.1 Å². The van der Waals surface area contributed by atoms with Gasteiger partial charge in [-0.15, -0.1) is 10.2 Å². The average molecular weight is 389 g/mol. The van der Waals surface area contributed by atoms with Gasteiger partial charge in [-0.25, -0.2) is 0 Å². The zero-order valence-corrected chi connectivity index (χ0v) is 16.2. The maximum atomic E-state index is 11.4. The summed E-state index contributed by atoms with van der Waals surface area (Å²) in [5.74, 6) is 0.455. The lowest BCUT2D eigenvalue weighted by Crippen LogP contribution is -2.46. The molecule has 1 aliphatic rings. The smallest absolute Gasteiger partial charge is 0.271 e. The van der Waals surface area contributed by atoms with Crippen LogP contribution in [0.1, 0.15) is 16.9 Å². The minimum atomic E-state index is -0.231. The molecular formula is C19H25ClN6O. The van der Waals surface area contributed by atoms with Crippen LogP contribution in [0.15, 0.2) is 36.4 Å². The van der Waals surface area contributed by atoms with Crippen LogP contribution in [-0.4, -0.2) is 67.3 Å². The van der Waals surface area contributed by atoms with Gasteiger partial charge in [-0.05, 0) is 37.2 Å². The van der Waals surface area contributed by atoms with Crippen LogP contribution in [-0.2, 0) is 0 Å². The van der Waals surface area contributed by atoms with Gasteiger partial charge in [0.1, 0.15) is 5.82 Å². The number of carbonyl (C=O) groups excluding carboxylic acids is 1. The number of rotatable bonds is 7. The maximum absolute atomic E-state index is 11.4. The highest BCUT2D eigenvalue weighted by atomic mass is 35.5. The SMILES string of the molecule is CNC(=O)c1ccc(NCCCN2CCN(c3ccccc3Cl)CC2)nn1. The van der Waals surface area contributed by atoms with E-state index < -0.39 is 0 Å². The Balaban J connectivity index is 1.36. The first-order chi connectivity index (χ1) is 13.2. The van der Waals surface area contributed by atoms with E-state index in [0.29, 0.717) is 11.5 Å². The molecule has 2 heterocycles. The molecular weight excluding hydrogens is 364 g/mol. The van der Waals surface area contributed by atoms with Crippen LogP contribution in [0.25, 0.3) is 0 Å². The van der Waals surface area contributed by atoms with Crippen molar-refractivity contribution in [3.8, 4) is 0 Å². The Morgan fingerprint density at radius 3 is 2.56 bits per heavy atom. The van der Waals surface area contributed by atoms with Gasteiger partial charge >= 0.3 is 0 Å². The molecule has 1 amide bonds. The second kappa shape index (κ2) is 9.53. The number of nitrogens with one attached hydrogen (secondary N) is 2. The molecule has 0 unspecified atom stereocenters. The number of piperazine rings is 1. The molecule has 2 aromatic rings. The molecule has 8 heteroatoms. The van der Waals surface area contributed by atoms with Gasteiger partial charge in [-0.3, -0.25) is 9.69 Å². The molecule has 0 saturated carbocycles. The summed E-state index contributed by atoms with van der Waals surface area (Å²) < 4.78 is 0. The van der Waals surface area contributed by atoms with Crippen molar-refractivity contribution >= 4 is 29.0 Å². The van der Waals surface area contributed by atoms with Gasteiger partial charge in [0.15, 0.2) is 5.69 Å². The summed E-state index contributed by atoms with van der Waals surface area (Å²) in [4.78, 5) is 16.3. The van der Waals surface area contributed by atoms with E-state index in [0.717, 1.165) is 56.4 Å². The number of amides is 1. The molecule has 144 valence electrons. The van der Waals surface area contributed by atoms with Crippen molar-refractivity contribution in [1.82, 2.24) is 20.4 Å². The van der Waals surface area contributed by atoms with Gasteiger partial charge in [0, 0.05) is 39.8 Å². The topological polar surface area (TPSA) is 73.4 Å². The number of aromatic nitrogens is 2. The van der Waals surface area contributed by atoms with E-state index in [1.165, 1.54) is 0 Å². The van der Waals surface area contributed by atoms with Gasteiger partial charge in [-0.1, -0.05) is 23.7 Å². The molecule has 1 aromatic carbocycles. The Kier molecular flexibility index (Phi) is 6.84. The predicted octanol–water partition coefficient (Wildman–Crippen LogP) is 2.11. The van der Waals surface area contributed by atoms with Crippen LogP contribution in [0.2, 0.25) is 5.02 Å². The highest BCUT2D eigenvalue weighted by molar-refractivity contribution is 6.33. The maximum Gasteiger partial charge on any atom is 0.271 e. The van der Waals surface area contributed by atoms with E-state index in [1.807, 2.05) is 18.2 Å². The Hall–Kier alpha value is -2.38. The lowest BCUT2D eigenvalue weighted by atomic mass is 10.2.